The first-order chi connectivity index (χ1) is 12.0. The van der Waals surface area contributed by atoms with E-state index in [1.54, 1.807) is 44.4 Å². The van der Waals surface area contributed by atoms with Crippen LogP contribution in [0, 0.1) is 0 Å². The molecule has 2 rings (SSSR count). The van der Waals surface area contributed by atoms with Gasteiger partial charge in [0, 0.05) is 36.3 Å². The molecule has 0 saturated heterocycles. The van der Waals surface area contributed by atoms with E-state index in [9.17, 15) is 14.4 Å². The molecule has 0 bridgehead atoms. The van der Waals surface area contributed by atoms with Crippen LogP contribution in [0.3, 0.4) is 0 Å². The second kappa shape index (κ2) is 8.79. The van der Waals surface area contributed by atoms with Gasteiger partial charge in [0.25, 0.3) is 11.8 Å². The van der Waals surface area contributed by atoms with E-state index < -0.39 is 11.9 Å². The molecule has 1 heterocycles. The first-order valence-electron chi connectivity index (χ1n) is 7.45. The Balaban J connectivity index is 1.80. The summed E-state index contributed by atoms with van der Waals surface area (Å²) in [7, 11) is 3.33. The fourth-order valence-corrected chi connectivity index (χ4v) is 2.49. The number of carbonyl (C=O) groups excluding carboxylic acids is 3. The van der Waals surface area contributed by atoms with Gasteiger partial charge in [-0.1, -0.05) is 6.07 Å². The van der Waals surface area contributed by atoms with E-state index in [-0.39, 0.29) is 12.5 Å². The highest BCUT2D eigenvalue weighted by Crippen LogP contribution is 2.11. The minimum Gasteiger partial charge on any atom is -0.452 e. The van der Waals surface area contributed by atoms with Crippen LogP contribution in [0.15, 0.2) is 47.9 Å². The molecule has 0 aliphatic carbocycles. The highest BCUT2D eigenvalue weighted by Gasteiger charge is 2.09. The topological polar surface area (TPSA) is 75.7 Å². The highest BCUT2D eigenvalue weighted by molar-refractivity contribution is 7.10. The van der Waals surface area contributed by atoms with Crippen LogP contribution in [0.5, 0.6) is 0 Å². The summed E-state index contributed by atoms with van der Waals surface area (Å²) in [5, 5.41) is 4.50. The van der Waals surface area contributed by atoms with Crippen molar-refractivity contribution in [1.82, 2.24) is 4.90 Å². The Labute approximate surface area is 149 Å². The predicted octanol–water partition coefficient (Wildman–Crippen LogP) is 2.65. The van der Waals surface area contributed by atoms with Crippen LogP contribution in [-0.4, -0.2) is 43.4 Å². The molecule has 25 heavy (non-hydrogen) atoms. The molecule has 0 aliphatic rings. The van der Waals surface area contributed by atoms with Gasteiger partial charge in [0.15, 0.2) is 6.61 Å². The van der Waals surface area contributed by atoms with Crippen LogP contribution in [-0.2, 0) is 14.3 Å². The first-order valence-corrected chi connectivity index (χ1v) is 8.33. The lowest BCUT2D eigenvalue weighted by atomic mass is 10.2. The van der Waals surface area contributed by atoms with Crippen molar-refractivity contribution in [3.63, 3.8) is 0 Å². The fraction of sp³-hybridized carbons (Fsp3) is 0.167. The van der Waals surface area contributed by atoms with Crippen LogP contribution in [0.25, 0.3) is 6.08 Å². The monoisotopic (exact) mass is 358 g/mol. The van der Waals surface area contributed by atoms with Crippen molar-refractivity contribution in [1.29, 1.82) is 0 Å². The Morgan fingerprint density at radius 1 is 1.16 bits per heavy atom. The van der Waals surface area contributed by atoms with E-state index in [0.717, 1.165) is 4.88 Å². The molecule has 7 heteroatoms. The minimum absolute atomic E-state index is 0.121. The van der Waals surface area contributed by atoms with Crippen molar-refractivity contribution in [2.24, 2.45) is 0 Å². The van der Waals surface area contributed by atoms with E-state index in [1.807, 2.05) is 17.5 Å². The second-order valence-corrected chi connectivity index (χ2v) is 6.26. The molecule has 1 N–H and O–H groups in total. The maximum Gasteiger partial charge on any atom is 0.331 e. The lowest BCUT2D eigenvalue weighted by Gasteiger charge is -2.11. The third kappa shape index (κ3) is 5.89. The van der Waals surface area contributed by atoms with Crippen LogP contribution in [0.4, 0.5) is 5.69 Å². The van der Waals surface area contributed by atoms with Gasteiger partial charge in [-0.2, -0.15) is 0 Å². The molecule has 0 radical (unpaired) electrons. The van der Waals surface area contributed by atoms with Crippen LogP contribution >= 0.6 is 11.3 Å². The molecule has 2 amide bonds. The van der Waals surface area contributed by atoms with Crippen molar-refractivity contribution in [3.05, 3.63) is 58.3 Å². The Hall–Kier alpha value is -2.93. The van der Waals surface area contributed by atoms with Gasteiger partial charge < -0.3 is 15.0 Å². The van der Waals surface area contributed by atoms with Crippen LogP contribution in [0.1, 0.15) is 15.2 Å². The van der Waals surface area contributed by atoms with E-state index in [2.05, 4.69) is 5.32 Å². The van der Waals surface area contributed by atoms with Gasteiger partial charge in [-0.3, -0.25) is 9.59 Å². The minimum atomic E-state index is -0.588. The molecule has 6 nitrogen and oxygen atoms in total. The molecular formula is C18H18N2O4S. The second-order valence-electron chi connectivity index (χ2n) is 5.28. The molecule has 1 aromatic carbocycles. The van der Waals surface area contributed by atoms with Crippen molar-refractivity contribution >= 4 is 40.9 Å². The zero-order chi connectivity index (χ0) is 18.2. The standard InChI is InChI=1S/C18H18N2O4S/c1-20(2)18(23)13-5-7-14(8-6-13)19-16(21)12-24-17(22)10-9-15-4-3-11-25-15/h3-11H,12H2,1-2H3,(H,19,21). The number of nitrogens with one attached hydrogen (secondary N) is 1. The van der Waals surface area contributed by atoms with Crippen molar-refractivity contribution in [3.8, 4) is 0 Å². The number of hydrogen-bond acceptors (Lipinski definition) is 5. The van der Waals surface area contributed by atoms with Gasteiger partial charge in [-0.15, -0.1) is 11.3 Å². The summed E-state index contributed by atoms with van der Waals surface area (Å²) in [6, 6.07) is 10.2. The summed E-state index contributed by atoms with van der Waals surface area (Å²) in [6.07, 6.45) is 2.91. The maximum atomic E-state index is 11.8. The fourth-order valence-electron chi connectivity index (χ4n) is 1.87. The number of anilines is 1. The summed E-state index contributed by atoms with van der Waals surface area (Å²) in [6.45, 7) is -0.383. The van der Waals surface area contributed by atoms with Crippen molar-refractivity contribution in [2.75, 3.05) is 26.0 Å². The average Bonchev–Trinajstić information content (AvgIpc) is 3.11. The van der Waals surface area contributed by atoms with Crippen LogP contribution in [0.2, 0.25) is 0 Å². The van der Waals surface area contributed by atoms with Crippen molar-refractivity contribution < 1.29 is 19.1 Å². The first kappa shape index (κ1) is 18.4. The summed E-state index contributed by atoms with van der Waals surface area (Å²) < 4.78 is 4.87. The Morgan fingerprint density at radius 2 is 1.88 bits per heavy atom. The number of carbonyl (C=O) groups is 3. The van der Waals surface area contributed by atoms with E-state index in [0.29, 0.717) is 11.3 Å². The zero-order valence-corrected chi connectivity index (χ0v) is 14.7. The predicted molar refractivity (Wildman–Crippen MR) is 97.4 cm³/mol. The Kier molecular flexibility index (Phi) is 6.47. The summed E-state index contributed by atoms with van der Waals surface area (Å²) in [5.41, 5.74) is 1.04. The molecule has 0 spiro atoms. The molecule has 130 valence electrons. The van der Waals surface area contributed by atoms with E-state index in [1.165, 1.54) is 22.3 Å². The number of hydrogen-bond donors (Lipinski definition) is 1. The molecular weight excluding hydrogens is 340 g/mol. The highest BCUT2D eigenvalue weighted by atomic mass is 32.1. The number of benzene rings is 1. The normalized spacial score (nSPS) is 10.5. The third-order valence-corrected chi connectivity index (χ3v) is 3.93. The number of thiophene rings is 1. The number of ether oxygens (including phenoxy) is 1. The van der Waals surface area contributed by atoms with E-state index in [4.69, 9.17) is 4.74 Å². The summed E-state index contributed by atoms with van der Waals surface area (Å²) in [4.78, 5) is 37.5. The van der Waals surface area contributed by atoms with E-state index >= 15 is 0 Å². The van der Waals surface area contributed by atoms with Gasteiger partial charge in [0.2, 0.25) is 0 Å². The lowest BCUT2D eigenvalue weighted by Crippen LogP contribution is -2.22. The number of rotatable bonds is 6. The van der Waals surface area contributed by atoms with Gasteiger partial charge in [0.05, 0.1) is 0 Å². The third-order valence-electron chi connectivity index (χ3n) is 3.09. The number of amides is 2. The number of nitrogens with zero attached hydrogens (tertiary/aromatic N) is 1. The SMILES string of the molecule is CN(C)C(=O)c1ccc(NC(=O)COC(=O)C=Cc2cccs2)cc1. The average molecular weight is 358 g/mol. The van der Waals surface area contributed by atoms with Gasteiger partial charge >= 0.3 is 5.97 Å². The smallest absolute Gasteiger partial charge is 0.331 e. The Bertz CT molecular complexity index is 765. The molecule has 0 unspecified atom stereocenters. The van der Waals surface area contributed by atoms with Gasteiger partial charge in [0.1, 0.15) is 0 Å². The quantitative estimate of drug-likeness (QED) is 0.636. The summed E-state index contributed by atoms with van der Waals surface area (Å²) in [5.74, 6) is -1.16. The molecule has 0 saturated carbocycles. The number of esters is 1. The Morgan fingerprint density at radius 3 is 2.48 bits per heavy atom. The van der Waals surface area contributed by atoms with Crippen LogP contribution < -0.4 is 5.32 Å². The largest absolute Gasteiger partial charge is 0.452 e. The molecule has 1 aromatic heterocycles. The molecule has 0 aliphatic heterocycles. The maximum absolute atomic E-state index is 11.8. The van der Waals surface area contributed by atoms with Crippen molar-refractivity contribution in [2.45, 2.75) is 0 Å². The zero-order valence-electron chi connectivity index (χ0n) is 13.9. The molecule has 0 fully saturated rings. The summed E-state index contributed by atoms with van der Waals surface area (Å²) >= 11 is 1.50. The molecule has 2 aromatic rings. The van der Waals surface area contributed by atoms with Gasteiger partial charge in [-0.05, 0) is 41.8 Å². The lowest BCUT2D eigenvalue weighted by molar-refractivity contribution is -0.142. The van der Waals surface area contributed by atoms with Gasteiger partial charge in [-0.25, -0.2) is 4.79 Å². The molecule has 0 atom stereocenters.